The number of hydrogen-bond acceptors (Lipinski definition) is 5. The van der Waals surface area contributed by atoms with E-state index >= 15 is 0 Å². The molecule has 1 aromatic rings. The van der Waals surface area contributed by atoms with E-state index in [9.17, 15) is 14.4 Å². The Morgan fingerprint density at radius 3 is 2.23 bits per heavy atom. The zero-order valence-corrected chi connectivity index (χ0v) is 15.0. The van der Waals surface area contributed by atoms with Gasteiger partial charge in [-0.2, -0.15) is 0 Å². The Labute approximate surface area is 152 Å². The summed E-state index contributed by atoms with van der Waals surface area (Å²) < 4.78 is 5.15. The maximum Gasteiger partial charge on any atom is 0.328 e. The van der Waals surface area contributed by atoms with Crippen molar-refractivity contribution >= 4 is 17.7 Å². The summed E-state index contributed by atoms with van der Waals surface area (Å²) >= 11 is 0. The molecule has 1 saturated carbocycles. The van der Waals surface area contributed by atoms with Crippen molar-refractivity contribution in [2.45, 2.75) is 44.7 Å². The van der Waals surface area contributed by atoms with Crippen LogP contribution in [0.2, 0.25) is 0 Å². The third kappa shape index (κ3) is 7.94. The average molecular weight is 363 g/mol. The number of nitrogens with one attached hydrogen (secondary N) is 1. The maximum absolute atomic E-state index is 12.3. The fraction of sp³-hybridized carbons (Fsp3) is 0.421. The number of hydrogen-bond donors (Lipinski definition) is 3. The van der Waals surface area contributed by atoms with Gasteiger partial charge in [0.1, 0.15) is 5.75 Å². The minimum Gasteiger partial charge on any atom is -0.497 e. The fourth-order valence-corrected chi connectivity index (χ4v) is 2.69. The largest absolute Gasteiger partial charge is 0.497 e. The van der Waals surface area contributed by atoms with E-state index in [1.54, 1.807) is 13.2 Å². The summed E-state index contributed by atoms with van der Waals surface area (Å²) in [7, 11) is 1.61. The first-order chi connectivity index (χ1) is 12.3. The van der Waals surface area contributed by atoms with E-state index in [0.717, 1.165) is 5.75 Å². The van der Waals surface area contributed by atoms with Gasteiger partial charge in [0, 0.05) is 23.8 Å². The number of carbonyl (C=O) groups excluding carboxylic acids is 1. The second-order valence-corrected chi connectivity index (χ2v) is 5.98. The summed E-state index contributed by atoms with van der Waals surface area (Å²) in [5.41, 5.74) is 0.715. The van der Waals surface area contributed by atoms with Gasteiger partial charge in [0.25, 0.3) is 0 Å². The summed E-state index contributed by atoms with van der Waals surface area (Å²) in [5, 5.41) is 19.0. The summed E-state index contributed by atoms with van der Waals surface area (Å²) in [4.78, 5) is 31.4. The normalized spacial score (nSPS) is 15.2. The summed E-state index contributed by atoms with van der Waals surface area (Å²) in [6, 6.07) is 7.74. The van der Waals surface area contributed by atoms with Crippen LogP contribution >= 0.6 is 0 Å². The minimum atomic E-state index is -1.26. The first kappa shape index (κ1) is 21.4. The molecule has 1 atom stereocenters. The monoisotopic (exact) mass is 363 g/mol. The van der Waals surface area contributed by atoms with Crippen LogP contribution in [0.25, 0.3) is 0 Å². The highest BCUT2D eigenvalue weighted by atomic mass is 16.5. The predicted octanol–water partition coefficient (Wildman–Crippen LogP) is 2.51. The highest BCUT2D eigenvalue weighted by molar-refractivity contribution is 6.00. The highest BCUT2D eigenvalue weighted by Gasteiger charge is 2.21. The fourth-order valence-electron chi connectivity index (χ4n) is 2.69. The molecule has 142 valence electrons. The van der Waals surface area contributed by atoms with Crippen molar-refractivity contribution in [1.29, 1.82) is 0 Å². The maximum atomic E-state index is 12.3. The van der Waals surface area contributed by atoms with Gasteiger partial charge in [-0.3, -0.25) is 4.79 Å². The van der Waals surface area contributed by atoms with Gasteiger partial charge in [0.15, 0.2) is 5.78 Å². The highest BCUT2D eigenvalue weighted by Crippen LogP contribution is 2.19. The Bertz CT molecular complexity index is 633. The third-order valence-corrected chi connectivity index (χ3v) is 3.96. The van der Waals surface area contributed by atoms with Crippen LogP contribution < -0.4 is 10.1 Å². The van der Waals surface area contributed by atoms with Crippen LogP contribution in [0.4, 0.5) is 0 Å². The molecular formula is C19H25NO6. The van der Waals surface area contributed by atoms with Crippen LogP contribution in [0.3, 0.4) is 0 Å². The number of rotatable bonds is 7. The Balaban J connectivity index is 0.000000359. The van der Waals surface area contributed by atoms with Crippen LogP contribution in [0.15, 0.2) is 36.4 Å². The van der Waals surface area contributed by atoms with Crippen LogP contribution in [0.5, 0.6) is 5.75 Å². The number of carboxylic acid groups (broad SMARTS) is 2. The number of carbonyl (C=O) groups is 3. The molecule has 0 saturated heterocycles. The van der Waals surface area contributed by atoms with Crippen LogP contribution in [-0.4, -0.2) is 47.1 Å². The second-order valence-electron chi connectivity index (χ2n) is 5.98. The smallest absolute Gasteiger partial charge is 0.328 e. The molecule has 0 aliphatic heterocycles. The molecule has 7 nitrogen and oxygen atoms in total. The van der Waals surface area contributed by atoms with Crippen molar-refractivity contribution in [3.63, 3.8) is 0 Å². The molecule has 1 fully saturated rings. The number of carboxylic acids is 2. The molecular weight excluding hydrogens is 338 g/mol. The molecule has 2 rings (SSSR count). The molecule has 0 bridgehead atoms. The molecule has 0 heterocycles. The minimum absolute atomic E-state index is 0.125. The molecule has 1 unspecified atom stereocenters. The van der Waals surface area contributed by atoms with Crippen molar-refractivity contribution in [3.05, 3.63) is 42.0 Å². The zero-order valence-electron chi connectivity index (χ0n) is 15.0. The lowest BCUT2D eigenvalue weighted by atomic mass is 10.0. The lowest BCUT2D eigenvalue weighted by Crippen LogP contribution is -2.40. The van der Waals surface area contributed by atoms with Crippen molar-refractivity contribution in [2.24, 2.45) is 0 Å². The molecule has 1 aromatic carbocycles. The number of aliphatic carboxylic acids is 2. The zero-order chi connectivity index (χ0) is 19.5. The SMILES string of the molecule is COc1cccc(C(=O)C(C)NC2CCCC2)c1.O=C(O)/C=C/C(=O)O. The molecule has 1 aliphatic carbocycles. The van der Waals surface area contributed by atoms with Crippen molar-refractivity contribution in [2.75, 3.05) is 7.11 Å². The van der Waals surface area contributed by atoms with E-state index in [2.05, 4.69) is 5.32 Å². The molecule has 7 heteroatoms. The molecule has 26 heavy (non-hydrogen) atoms. The average Bonchev–Trinajstić information content (AvgIpc) is 3.12. The van der Waals surface area contributed by atoms with Gasteiger partial charge < -0.3 is 20.3 Å². The van der Waals surface area contributed by atoms with E-state index in [1.807, 2.05) is 25.1 Å². The van der Waals surface area contributed by atoms with Gasteiger partial charge in [-0.05, 0) is 31.9 Å². The van der Waals surface area contributed by atoms with E-state index in [4.69, 9.17) is 14.9 Å². The van der Waals surface area contributed by atoms with Crippen LogP contribution in [0.1, 0.15) is 43.0 Å². The van der Waals surface area contributed by atoms with Crippen LogP contribution in [0, 0.1) is 0 Å². The number of ketones is 1. The molecule has 3 N–H and O–H groups in total. The summed E-state index contributed by atoms with van der Waals surface area (Å²) in [6.45, 7) is 1.94. The number of benzene rings is 1. The number of ether oxygens (including phenoxy) is 1. The van der Waals surface area contributed by atoms with Gasteiger partial charge in [-0.25, -0.2) is 9.59 Å². The predicted molar refractivity (Wildman–Crippen MR) is 96.6 cm³/mol. The lowest BCUT2D eigenvalue weighted by Gasteiger charge is -2.18. The topological polar surface area (TPSA) is 113 Å². The molecule has 0 aromatic heterocycles. The van der Waals surface area contributed by atoms with Crippen molar-refractivity contribution < 1.29 is 29.3 Å². The first-order valence-electron chi connectivity index (χ1n) is 8.41. The molecule has 0 spiro atoms. The van der Waals surface area contributed by atoms with Crippen molar-refractivity contribution in [1.82, 2.24) is 5.32 Å². The third-order valence-electron chi connectivity index (χ3n) is 3.96. The van der Waals surface area contributed by atoms with Crippen molar-refractivity contribution in [3.8, 4) is 5.75 Å². The standard InChI is InChI=1S/C15H21NO2.C4H4O4/c1-11(16-13-7-3-4-8-13)15(17)12-6-5-9-14(10-12)18-2;5-3(6)1-2-4(7)8/h5-6,9-11,13,16H,3-4,7-8H2,1-2H3;1-2H,(H,5,6)(H,7,8)/b;2-1+. The Morgan fingerprint density at radius 1 is 1.15 bits per heavy atom. The van der Waals surface area contributed by atoms with E-state index in [0.29, 0.717) is 23.8 Å². The molecule has 1 aliphatic rings. The van der Waals surface area contributed by atoms with E-state index in [-0.39, 0.29) is 11.8 Å². The van der Waals surface area contributed by atoms with Crippen LogP contribution in [-0.2, 0) is 9.59 Å². The van der Waals surface area contributed by atoms with Gasteiger partial charge in [-0.15, -0.1) is 0 Å². The second kappa shape index (κ2) is 11.0. The quantitative estimate of drug-likeness (QED) is 0.504. The summed E-state index contributed by atoms with van der Waals surface area (Å²) in [5.74, 6) is -1.64. The van der Waals surface area contributed by atoms with Gasteiger partial charge >= 0.3 is 11.9 Å². The van der Waals surface area contributed by atoms with Gasteiger partial charge in [0.2, 0.25) is 0 Å². The van der Waals surface area contributed by atoms with E-state index < -0.39 is 11.9 Å². The van der Waals surface area contributed by atoms with Gasteiger partial charge in [0.05, 0.1) is 13.2 Å². The number of methoxy groups -OCH3 is 1. The molecule has 0 radical (unpaired) electrons. The Kier molecular flexibility index (Phi) is 9.08. The molecule has 0 amide bonds. The van der Waals surface area contributed by atoms with E-state index in [1.165, 1.54) is 25.7 Å². The number of Topliss-reactive ketones (excluding diaryl/α,β-unsaturated/α-hetero) is 1. The Hall–Kier alpha value is -2.67. The lowest BCUT2D eigenvalue weighted by molar-refractivity contribution is -0.134. The summed E-state index contributed by atoms with van der Waals surface area (Å²) in [6.07, 6.45) is 6.05. The first-order valence-corrected chi connectivity index (χ1v) is 8.41. The van der Waals surface area contributed by atoms with Gasteiger partial charge in [-0.1, -0.05) is 25.0 Å². The Morgan fingerprint density at radius 2 is 1.73 bits per heavy atom.